The van der Waals surface area contributed by atoms with Crippen molar-refractivity contribution in [1.82, 2.24) is 0 Å². The molecule has 0 heterocycles. The van der Waals surface area contributed by atoms with E-state index in [1.807, 2.05) is 39.0 Å². The first-order valence-corrected chi connectivity index (χ1v) is 6.16. The van der Waals surface area contributed by atoms with E-state index in [0.29, 0.717) is 5.75 Å². The number of thioether (sulfide) groups is 1. The van der Waals surface area contributed by atoms with Crippen LogP contribution in [0.15, 0.2) is 23.1 Å². The van der Waals surface area contributed by atoms with Crippen LogP contribution in [0.3, 0.4) is 0 Å². The van der Waals surface area contributed by atoms with Crippen LogP contribution in [0.1, 0.15) is 19.4 Å². The summed E-state index contributed by atoms with van der Waals surface area (Å²) in [7, 11) is 0. The number of hydrogen-bond donors (Lipinski definition) is 1. The van der Waals surface area contributed by atoms with Crippen molar-refractivity contribution in [2.75, 3.05) is 11.5 Å². The molecule has 2 N–H and O–H groups in total. The molecule has 1 aromatic rings. The Kier molecular flexibility index (Phi) is 4.68. The normalized spacial score (nSPS) is 10.5. The molecule has 3 nitrogen and oxygen atoms in total. The molecule has 0 amide bonds. The number of nitrogens with two attached hydrogens (primary N) is 1. The summed E-state index contributed by atoms with van der Waals surface area (Å²) in [4.78, 5) is 12.3. The van der Waals surface area contributed by atoms with Gasteiger partial charge in [-0.2, -0.15) is 0 Å². The number of hydrogen-bond acceptors (Lipinski definition) is 4. The predicted molar refractivity (Wildman–Crippen MR) is 67.5 cm³/mol. The molecular weight excluding hydrogens is 222 g/mol. The largest absolute Gasteiger partial charge is 0.462 e. The van der Waals surface area contributed by atoms with Gasteiger partial charge < -0.3 is 10.5 Å². The topological polar surface area (TPSA) is 52.3 Å². The highest BCUT2D eigenvalue weighted by atomic mass is 32.2. The molecule has 16 heavy (non-hydrogen) atoms. The minimum Gasteiger partial charge on any atom is -0.462 e. The second kappa shape index (κ2) is 5.80. The van der Waals surface area contributed by atoms with E-state index in [9.17, 15) is 4.79 Å². The predicted octanol–water partition coefficient (Wildman–Crippen LogP) is 2.62. The minimum atomic E-state index is -0.207. The molecule has 0 spiro atoms. The number of rotatable bonds is 4. The van der Waals surface area contributed by atoms with Crippen molar-refractivity contribution in [2.24, 2.45) is 0 Å². The number of ether oxygens (including phenoxy) is 1. The summed E-state index contributed by atoms with van der Waals surface area (Å²) in [6.07, 6.45) is -0.0667. The third kappa shape index (κ3) is 3.77. The average Bonchev–Trinajstić information content (AvgIpc) is 2.19. The van der Waals surface area contributed by atoms with Crippen LogP contribution in [0.25, 0.3) is 0 Å². The number of aryl methyl sites for hydroxylation is 1. The average molecular weight is 239 g/mol. The van der Waals surface area contributed by atoms with Crippen molar-refractivity contribution in [3.8, 4) is 0 Å². The number of para-hydroxylation sites is 1. The SMILES string of the molecule is Cc1cccc(SCC(=O)OC(C)C)c1N. The molecular formula is C12H17NO2S. The molecule has 0 radical (unpaired) electrons. The van der Waals surface area contributed by atoms with Gasteiger partial charge in [0, 0.05) is 10.6 Å². The highest BCUT2D eigenvalue weighted by molar-refractivity contribution is 8.00. The number of carbonyl (C=O) groups excluding carboxylic acids is 1. The zero-order valence-electron chi connectivity index (χ0n) is 9.82. The van der Waals surface area contributed by atoms with Crippen LogP contribution in [0, 0.1) is 6.92 Å². The number of nitrogen functional groups attached to an aromatic ring is 1. The van der Waals surface area contributed by atoms with E-state index in [1.54, 1.807) is 0 Å². The molecule has 1 aromatic carbocycles. The maximum absolute atomic E-state index is 11.3. The van der Waals surface area contributed by atoms with Crippen molar-refractivity contribution in [2.45, 2.75) is 31.8 Å². The molecule has 0 saturated carbocycles. The first kappa shape index (κ1) is 12.9. The van der Waals surface area contributed by atoms with Crippen molar-refractivity contribution in [1.29, 1.82) is 0 Å². The zero-order valence-corrected chi connectivity index (χ0v) is 10.6. The Hall–Kier alpha value is -1.16. The molecule has 0 atom stereocenters. The fraction of sp³-hybridized carbons (Fsp3) is 0.417. The highest BCUT2D eigenvalue weighted by Gasteiger charge is 2.08. The molecule has 4 heteroatoms. The summed E-state index contributed by atoms with van der Waals surface area (Å²) in [6, 6.07) is 5.79. The summed E-state index contributed by atoms with van der Waals surface area (Å²) >= 11 is 1.41. The third-order valence-corrected chi connectivity index (χ3v) is 3.04. The van der Waals surface area contributed by atoms with Crippen molar-refractivity contribution in [3.05, 3.63) is 23.8 Å². The molecule has 0 fully saturated rings. The standard InChI is InChI=1S/C12H17NO2S/c1-8(2)15-11(14)7-16-10-6-4-5-9(3)12(10)13/h4-6,8H,7,13H2,1-3H3. The minimum absolute atomic E-state index is 0.0667. The molecule has 0 bridgehead atoms. The van der Waals surface area contributed by atoms with Crippen LogP contribution in [0.5, 0.6) is 0 Å². The third-order valence-electron chi connectivity index (χ3n) is 2.00. The molecule has 0 aliphatic carbocycles. The van der Waals surface area contributed by atoms with Gasteiger partial charge in [-0.15, -0.1) is 11.8 Å². The molecule has 1 rings (SSSR count). The second-order valence-electron chi connectivity index (χ2n) is 3.81. The van der Waals surface area contributed by atoms with Gasteiger partial charge in [-0.1, -0.05) is 12.1 Å². The lowest BCUT2D eigenvalue weighted by molar-refractivity contribution is -0.144. The molecule has 0 saturated heterocycles. The molecule has 0 aliphatic heterocycles. The van der Waals surface area contributed by atoms with E-state index in [0.717, 1.165) is 16.1 Å². The van der Waals surface area contributed by atoms with Crippen LogP contribution < -0.4 is 5.73 Å². The van der Waals surface area contributed by atoms with Gasteiger partial charge in [-0.25, -0.2) is 0 Å². The number of esters is 1. The Morgan fingerprint density at radius 2 is 2.19 bits per heavy atom. The Balaban J connectivity index is 2.55. The molecule has 0 aromatic heterocycles. The molecule has 0 unspecified atom stereocenters. The quantitative estimate of drug-likeness (QED) is 0.498. The second-order valence-corrected chi connectivity index (χ2v) is 4.83. The Morgan fingerprint density at radius 3 is 2.81 bits per heavy atom. The monoisotopic (exact) mass is 239 g/mol. The van der Waals surface area contributed by atoms with E-state index < -0.39 is 0 Å². The van der Waals surface area contributed by atoms with Crippen molar-refractivity contribution < 1.29 is 9.53 Å². The molecule has 0 aliphatic rings. The van der Waals surface area contributed by atoms with Crippen LogP contribution >= 0.6 is 11.8 Å². The number of benzene rings is 1. The summed E-state index contributed by atoms with van der Waals surface area (Å²) in [5.74, 6) is 0.0900. The summed E-state index contributed by atoms with van der Waals surface area (Å²) in [6.45, 7) is 5.62. The first-order chi connectivity index (χ1) is 7.50. The summed E-state index contributed by atoms with van der Waals surface area (Å²) < 4.78 is 5.04. The van der Waals surface area contributed by atoms with Gasteiger partial charge in [0.25, 0.3) is 0 Å². The van der Waals surface area contributed by atoms with Gasteiger partial charge in [0.2, 0.25) is 0 Å². The van der Waals surface area contributed by atoms with Crippen LogP contribution in [0.2, 0.25) is 0 Å². The van der Waals surface area contributed by atoms with E-state index in [-0.39, 0.29) is 12.1 Å². The zero-order chi connectivity index (χ0) is 12.1. The van der Waals surface area contributed by atoms with Gasteiger partial charge in [0.05, 0.1) is 11.9 Å². The van der Waals surface area contributed by atoms with Crippen LogP contribution in [-0.2, 0) is 9.53 Å². The lowest BCUT2D eigenvalue weighted by atomic mass is 10.2. The summed E-state index contributed by atoms with van der Waals surface area (Å²) in [5, 5.41) is 0. The first-order valence-electron chi connectivity index (χ1n) is 5.18. The lowest BCUT2D eigenvalue weighted by Gasteiger charge is -2.09. The van der Waals surface area contributed by atoms with E-state index in [2.05, 4.69) is 0 Å². The Bertz CT molecular complexity index is 377. The smallest absolute Gasteiger partial charge is 0.316 e. The fourth-order valence-corrected chi connectivity index (χ4v) is 2.05. The van der Waals surface area contributed by atoms with Gasteiger partial charge in [0.1, 0.15) is 0 Å². The van der Waals surface area contributed by atoms with Gasteiger partial charge in [-0.3, -0.25) is 4.79 Å². The van der Waals surface area contributed by atoms with Crippen LogP contribution in [-0.4, -0.2) is 17.8 Å². The highest BCUT2D eigenvalue weighted by Crippen LogP contribution is 2.27. The fourth-order valence-electron chi connectivity index (χ4n) is 1.21. The van der Waals surface area contributed by atoms with E-state index in [1.165, 1.54) is 11.8 Å². The van der Waals surface area contributed by atoms with E-state index >= 15 is 0 Å². The molecule has 88 valence electrons. The van der Waals surface area contributed by atoms with E-state index in [4.69, 9.17) is 10.5 Å². The Labute approximate surface area is 100 Å². The maximum Gasteiger partial charge on any atom is 0.316 e. The van der Waals surface area contributed by atoms with Gasteiger partial charge >= 0.3 is 5.97 Å². The number of carbonyl (C=O) groups is 1. The van der Waals surface area contributed by atoms with Crippen molar-refractivity contribution >= 4 is 23.4 Å². The summed E-state index contributed by atoms with van der Waals surface area (Å²) in [5.41, 5.74) is 7.67. The van der Waals surface area contributed by atoms with Crippen molar-refractivity contribution in [3.63, 3.8) is 0 Å². The van der Waals surface area contributed by atoms with Gasteiger partial charge in [0.15, 0.2) is 0 Å². The lowest BCUT2D eigenvalue weighted by Crippen LogP contribution is -2.13. The Morgan fingerprint density at radius 1 is 1.50 bits per heavy atom. The van der Waals surface area contributed by atoms with Gasteiger partial charge in [-0.05, 0) is 32.4 Å². The maximum atomic E-state index is 11.3. The van der Waals surface area contributed by atoms with Crippen LogP contribution in [0.4, 0.5) is 5.69 Å². The number of anilines is 1.